The van der Waals surface area contributed by atoms with Crippen LogP contribution in [0.15, 0.2) is 23.3 Å². The highest BCUT2D eigenvalue weighted by Gasteiger charge is 2.65. The Morgan fingerprint density at radius 2 is 1.73 bits per heavy atom. The van der Waals surface area contributed by atoms with Gasteiger partial charge >= 0.3 is 5.97 Å². The van der Waals surface area contributed by atoms with Crippen LogP contribution in [0, 0.1) is 55.7 Å². The van der Waals surface area contributed by atoms with E-state index in [1.54, 1.807) is 13.0 Å². The Labute approximate surface area is 240 Å². The lowest BCUT2D eigenvalue weighted by Gasteiger charge is -2.65. The summed E-state index contributed by atoms with van der Waals surface area (Å²) in [6.07, 6.45) is 10.7. The summed E-state index contributed by atoms with van der Waals surface area (Å²) in [7, 11) is 1.51. The summed E-state index contributed by atoms with van der Waals surface area (Å²) in [5, 5.41) is 20.0. The quantitative estimate of drug-likeness (QED) is 0.308. The summed E-state index contributed by atoms with van der Waals surface area (Å²) in [5.74, 6) is -0.277. The second-order valence-corrected chi connectivity index (χ2v) is 15.2. The molecule has 1 unspecified atom stereocenters. The number of ketones is 2. The Balaban J connectivity index is 1.86. The molecule has 0 aromatic carbocycles. The Hall–Kier alpha value is -2.26. The third-order valence-corrected chi connectivity index (χ3v) is 12.5. The molecule has 4 aliphatic rings. The fourth-order valence-corrected chi connectivity index (χ4v) is 9.93. The molecule has 0 radical (unpaired) electrons. The highest BCUT2D eigenvalue weighted by molar-refractivity contribution is 6.04. The van der Waals surface area contributed by atoms with Gasteiger partial charge in [0.15, 0.2) is 11.6 Å². The van der Waals surface area contributed by atoms with Crippen molar-refractivity contribution in [3.63, 3.8) is 0 Å². The molecule has 6 heteroatoms. The van der Waals surface area contributed by atoms with Crippen molar-refractivity contribution in [2.45, 2.75) is 106 Å². The minimum absolute atomic E-state index is 0.0436. The van der Waals surface area contributed by atoms with Crippen LogP contribution in [0.25, 0.3) is 0 Å². The van der Waals surface area contributed by atoms with E-state index < -0.39 is 16.2 Å². The average Bonchev–Trinajstić information content (AvgIpc) is 2.87. The standard InChI is InChI=1S/C34H49NO5/c1-22(37)17-26-32(6)18-23(21-35)27(38)31(5,15-16-36)25(32)9-10-33(26,7)30(4)12-14-34(28(39)40-8)13-11-29(2,3)19-24(34)20-30/h17-18,24-25,36H,9-16,19-20H2,1-8H3/b26-17-/t24?,25-,30+,31-,32-,33+,34-/m0/s1. The van der Waals surface area contributed by atoms with Crippen LogP contribution in [-0.4, -0.2) is 36.4 Å². The Morgan fingerprint density at radius 1 is 1.07 bits per heavy atom. The topological polar surface area (TPSA) is 104 Å². The predicted molar refractivity (Wildman–Crippen MR) is 154 cm³/mol. The van der Waals surface area contributed by atoms with Crippen molar-refractivity contribution >= 4 is 17.5 Å². The molecule has 0 heterocycles. The molecule has 1 N–H and O–H groups in total. The Bertz CT molecular complexity index is 1210. The van der Waals surface area contributed by atoms with Crippen LogP contribution in [-0.2, 0) is 19.1 Å². The maximum absolute atomic E-state index is 13.5. The number of ether oxygens (including phenoxy) is 1. The van der Waals surface area contributed by atoms with E-state index in [1.165, 1.54) is 7.11 Å². The molecule has 6 nitrogen and oxygen atoms in total. The summed E-state index contributed by atoms with van der Waals surface area (Å²) < 4.78 is 5.41. The lowest BCUT2D eigenvalue weighted by molar-refractivity contribution is -0.174. The zero-order chi connectivity index (χ0) is 29.9. The van der Waals surface area contributed by atoms with Gasteiger partial charge in [-0.1, -0.05) is 53.2 Å². The normalized spacial score (nSPS) is 43.6. The maximum Gasteiger partial charge on any atom is 0.312 e. The minimum atomic E-state index is -0.887. The van der Waals surface area contributed by atoms with Gasteiger partial charge in [0.2, 0.25) is 0 Å². The molecule has 0 bridgehead atoms. The molecule has 0 aliphatic heterocycles. The van der Waals surface area contributed by atoms with Crippen LogP contribution in [0.4, 0.5) is 0 Å². The van der Waals surface area contributed by atoms with Gasteiger partial charge in [0.25, 0.3) is 0 Å². The number of rotatable bonds is 5. The number of nitriles is 1. The van der Waals surface area contributed by atoms with Gasteiger partial charge in [-0.05, 0) is 98.9 Å². The first-order valence-electron chi connectivity index (χ1n) is 15.1. The fraction of sp³-hybridized carbons (Fsp3) is 0.765. The molecule has 0 aromatic rings. The molecule has 4 aliphatic carbocycles. The molecule has 0 spiro atoms. The van der Waals surface area contributed by atoms with E-state index in [0.29, 0.717) is 0 Å². The number of hydrogen-bond donors (Lipinski definition) is 1. The monoisotopic (exact) mass is 551 g/mol. The molecular formula is C34H49NO5. The van der Waals surface area contributed by atoms with Crippen LogP contribution < -0.4 is 0 Å². The predicted octanol–water partition coefficient (Wildman–Crippen LogP) is 6.52. The van der Waals surface area contributed by atoms with Crippen LogP contribution in [0.5, 0.6) is 0 Å². The van der Waals surface area contributed by atoms with E-state index in [0.717, 1.165) is 56.9 Å². The second kappa shape index (κ2) is 9.93. The molecule has 0 amide bonds. The van der Waals surface area contributed by atoms with Gasteiger partial charge < -0.3 is 9.84 Å². The highest BCUT2D eigenvalue weighted by atomic mass is 16.5. The van der Waals surface area contributed by atoms with Gasteiger partial charge in [-0.2, -0.15) is 5.26 Å². The number of allylic oxidation sites excluding steroid dienone is 4. The Kier molecular flexibility index (Phi) is 7.62. The molecule has 3 fully saturated rings. The molecule has 0 aromatic heterocycles. The Morgan fingerprint density at radius 3 is 2.30 bits per heavy atom. The third kappa shape index (κ3) is 4.34. The van der Waals surface area contributed by atoms with E-state index in [4.69, 9.17) is 4.74 Å². The number of hydrogen-bond acceptors (Lipinski definition) is 6. The summed E-state index contributed by atoms with van der Waals surface area (Å²) in [6.45, 7) is 14.6. The number of aliphatic hydroxyl groups excluding tert-OH is 1. The van der Waals surface area contributed by atoms with E-state index in [-0.39, 0.29) is 64.2 Å². The summed E-state index contributed by atoms with van der Waals surface area (Å²) in [4.78, 5) is 39.7. The van der Waals surface area contributed by atoms with Gasteiger partial charge in [-0.15, -0.1) is 0 Å². The van der Waals surface area contributed by atoms with Crippen LogP contribution >= 0.6 is 0 Å². The van der Waals surface area contributed by atoms with E-state index in [9.17, 15) is 24.8 Å². The van der Waals surface area contributed by atoms with Crippen molar-refractivity contribution in [1.82, 2.24) is 0 Å². The molecule has 220 valence electrons. The van der Waals surface area contributed by atoms with Gasteiger partial charge in [0, 0.05) is 17.4 Å². The molecule has 3 saturated carbocycles. The van der Waals surface area contributed by atoms with Gasteiger partial charge in [-0.25, -0.2) is 0 Å². The van der Waals surface area contributed by atoms with Crippen molar-refractivity contribution in [1.29, 1.82) is 5.26 Å². The zero-order valence-corrected chi connectivity index (χ0v) is 25.9. The van der Waals surface area contributed by atoms with E-state index in [1.807, 2.05) is 13.0 Å². The van der Waals surface area contributed by atoms with Crippen LogP contribution in [0.2, 0.25) is 0 Å². The fourth-order valence-electron chi connectivity index (χ4n) is 9.93. The third-order valence-electron chi connectivity index (χ3n) is 12.5. The minimum Gasteiger partial charge on any atom is -0.469 e. The second-order valence-electron chi connectivity index (χ2n) is 15.2. The van der Waals surface area contributed by atoms with Crippen molar-refractivity contribution in [3.8, 4) is 6.07 Å². The maximum atomic E-state index is 13.5. The zero-order valence-electron chi connectivity index (χ0n) is 25.9. The SMILES string of the molecule is COC(=O)[C@]12CCC(C)(C)CC1C[C@](C)([C@]1(C)CC[C@H]3[C@](C)(CCO)C(=O)C(C#N)=C[C@]3(C)/C1=C/C(C)=O)CC2. The van der Waals surface area contributed by atoms with Crippen LogP contribution in [0.3, 0.4) is 0 Å². The summed E-state index contributed by atoms with van der Waals surface area (Å²) in [6, 6.07) is 2.15. The lowest BCUT2D eigenvalue weighted by atomic mass is 9.38. The highest BCUT2D eigenvalue weighted by Crippen LogP contribution is 2.71. The largest absolute Gasteiger partial charge is 0.469 e. The van der Waals surface area contributed by atoms with Gasteiger partial charge in [0.05, 0.1) is 18.1 Å². The number of Topliss-reactive ketones (excluding diaryl/α,β-unsaturated/α-hetero) is 1. The lowest BCUT2D eigenvalue weighted by Crippen LogP contribution is -2.59. The van der Waals surface area contributed by atoms with Crippen molar-refractivity contribution in [2.75, 3.05) is 13.7 Å². The van der Waals surface area contributed by atoms with E-state index >= 15 is 0 Å². The number of fused-ring (bicyclic) bond motifs is 2. The number of carbonyl (C=O) groups excluding carboxylic acids is 3. The number of esters is 1. The first kappa shape index (κ1) is 30.7. The number of methoxy groups -OCH3 is 1. The number of carbonyl (C=O) groups is 3. The molecular weight excluding hydrogens is 502 g/mol. The van der Waals surface area contributed by atoms with Crippen LogP contribution in [0.1, 0.15) is 106 Å². The molecule has 7 atom stereocenters. The summed E-state index contributed by atoms with van der Waals surface area (Å²) >= 11 is 0. The molecule has 0 saturated heterocycles. The first-order chi connectivity index (χ1) is 18.5. The smallest absolute Gasteiger partial charge is 0.312 e. The van der Waals surface area contributed by atoms with Gasteiger partial charge in [0.1, 0.15) is 6.07 Å². The van der Waals surface area contributed by atoms with Gasteiger partial charge in [-0.3, -0.25) is 14.4 Å². The molecule has 4 rings (SSSR count). The van der Waals surface area contributed by atoms with Crippen molar-refractivity contribution in [2.24, 2.45) is 44.3 Å². The first-order valence-corrected chi connectivity index (χ1v) is 15.1. The number of nitrogens with zero attached hydrogens (tertiary/aromatic N) is 1. The van der Waals surface area contributed by atoms with Crippen molar-refractivity contribution in [3.05, 3.63) is 23.3 Å². The average molecular weight is 552 g/mol. The van der Waals surface area contributed by atoms with E-state index in [2.05, 4.69) is 40.7 Å². The summed E-state index contributed by atoms with van der Waals surface area (Å²) in [5.41, 5.74) is -1.36. The molecule has 40 heavy (non-hydrogen) atoms. The number of aliphatic hydroxyl groups is 1. The van der Waals surface area contributed by atoms with Crippen molar-refractivity contribution < 1.29 is 24.2 Å².